The van der Waals surface area contributed by atoms with E-state index in [0.29, 0.717) is 42.0 Å². The van der Waals surface area contributed by atoms with Crippen molar-refractivity contribution in [2.24, 2.45) is 0 Å². The normalized spacial score (nSPS) is 17.0. The average molecular weight is 525 g/mol. The van der Waals surface area contributed by atoms with Crippen molar-refractivity contribution in [3.05, 3.63) is 82.4 Å². The molecule has 5 rings (SSSR count). The first-order valence-corrected chi connectivity index (χ1v) is 12.9. The first-order chi connectivity index (χ1) is 18.1. The van der Waals surface area contributed by atoms with Crippen LogP contribution in [0.25, 0.3) is 0 Å². The Kier molecular flexibility index (Phi) is 6.99. The Morgan fingerprint density at radius 3 is 2.61 bits per heavy atom. The fourth-order valence-corrected chi connectivity index (χ4v) is 5.05. The molecule has 0 aromatic heterocycles. The molecule has 0 spiro atoms. The van der Waals surface area contributed by atoms with Gasteiger partial charge in [0, 0.05) is 12.6 Å². The van der Waals surface area contributed by atoms with Gasteiger partial charge in [-0.1, -0.05) is 25.1 Å². The first-order valence-electron chi connectivity index (χ1n) is 12.9. The molecule has 2 aliphatic rings. The number of anilines is 2. The SMILES string of the molecule is CCc1cc(OC[C@@H]2CN(C)c3ccccc3O2)cc(C)c1C(=O)Nc1cc(C2CC2)ccc1C(F)(F)F. The summed E-state index contributed by atoms with van der Waals surface area (Å²) in [6.45, 7) is 4.65. The molecule has 1 fully saturated rings. The van der Waals surface area contributed by atoms with E-state index in [9.17, 15) is 18.0 Å². The Labute approximate surface area is 220 Å². The number of amides is 1. The molecule has 1 amide bonds. The number of alkyl halides is 3. The van der Waals surface area contributed by atoms with E-state index in [2.05, 4.69) is 10.2 Å². The second-order valence-corrected chi connectivity index (χ2v) is 10.1. The van der Waals surface area contributed by atoms with Gasteiger partial charge in [0.15, 0.2) is 0 Å². The molecule has 3 aromatic carbocycles. The number of carbonyl (C=O) groups excluding carboxylic acids is 1. The van der Waals surface area contributed by atoms with Crippen LogP contribution in [0.1, 0.15) is 58.3 Å². The highest BCUT2D eigenvalue weighted by atomic mass is 19.4. The van der Waals surface area contributed by atoms with Crippen molar-refractivity contribution in [1.29, 1.82) is 0 Å². The third-order valence-corrected chi connectivity index (χ3v) is 7.13. The van der Waals surface area contributed by atoms with Gasteiger partial charge in [0.25, 0.3) is 5.91 Å². The number of para-hydroxylation sites is 2. The van der Waals surface area contributed by atoms with Gasteiger partial charge in [-0.05, 0) is 85.2 Å². The molecule has 0 unspecified atom stereocenters. The summed E-state index contributed by atoms with van der Waals surface area (Å²) in [5.41, 5.74) is 2.51. The highest BCUT2D eigenvalue weighted by Crippen LogP contribution is 2.44. The molecular weight excluding hydrogens is 493 g/mol. The molecule has 1 saturated carbocycles. The largest absolute Gasteiger partial charge is 0.490 e. The van der Waals surface area contributed by atoms with Gasteiger partial charge < -0.3 is 19.7 Å². The van der Waals surface area contributed by atoms with Gasteiger partial charge in [0.1, 0.15) is 24.2 Å². The monoisotopic (exact) mass is 524 g/mol. The number of nitrogens with one attached hydrogen (secondary N) is 1. The van der Waals surface area contributed by atoms with Crippen LogP contribution in [-0.4, -0.2) is 32.2 Å². The van der Waals surface area contributed by atoms with E-state index in [4.69, 9.17) is 9.47 Å². The Bertz CT molecular complexity index is 1350. The quantitative estimate of drug-likeness (QED) is 0.362. The van der Waals surface area contributed by atoms with Crippen LogP contribution in [0.3, 0.4) is 0 Å². The van der Waals surface area contributed by atoms with Crippen LogP contribution in [-0.2, 0) is 12.6 Å². The van der Waals surface area contributed by atoms with Crippen LogP contribution in [0.2, 0.25) is 0 Å². The fourth-order valence-electron chi connectivity index (χ4n) is 5.05. The van der Waals surface area contributed by atoms with E-state index in [-0.39, 0.29) is 17.7 Å². The molecule has 5 nitrogen and oxygen atoms in total. The van der Waals surface area contributed by atoms with Crippen molar-refractivity contribution in [3.63, 3.8) is 0 Å². The number of nitrogens with zero attached hydrogens (tertiary/aromatic N) is 1. The lowest BCUT2D eigenvalue weighted by molar-refractivity contribution is -0.136. The number of halogens is 3. The summed E-state index contributed by atoms with van der Waals surface area (Å²) in [7, 11) is 2.01. The van der Waals surface area contributed by atoms with Gasteiger partial charge in [-0.2, -0.15) is 13.2 Å². The number of rotatable bonds is 7. The minimum absolute atomic E-state index is 0.178. The highest BCUT2D eigenvalue weighted by Gasteiger charge is 2.35. The molecule has 1 N–H and O–H groups in total. The third-order valence-electron chi connectivity index (χ3n) is 7.13. The number of hydrogen-bond acceptors (Lipinski definition) is 4. The maximum absolute atomic E-state index is 13.7. The minimum atomic E-state index is -4.57. The Morgan fingerprint density at radius 1 is 1.13 bits per heavy atom. The molecule has 1 atom stereocenters. The lowest BCUT2D eigenvalue weighted by Gasteiger charge is -2.33. The van der Waals surface area contributed by atoms with Crippen molar-refractivity contribution < 1.29 is 27.4 Å². The van der Waals surface area contributed by atoms with Crippen LogP contribution in [0.4, 0.5) is 24.5 Å². The molecule has 8 heteroatoms. The van der Waals surface area contributed by atoms with Gasteiger partial charge >= 0.3 is 6.18 Å². The van der Waals surface area contributed by atoms with E-state index in [1.165, 1.54) is 12.1 Å². The summed E-state index contributed by atoms with van der Waals surface area (Å²) in [4.78, 5) is 15.4. The van der Waals surface area contributed by atoms with Crippen molar-refractivity contribution >= 4 is 17.3 Å². The molecule has 1 aliphatic carbocycles. The van der Waals surface area contributed by atoms with Crippen molar-refractivity contribution in [2.75, 3.05) is 30.4 Å². The van der Waals surface area contributed by atoms with Crippen LogP contribution in [0.5, 0.6) is 11.5 Å². The number of carbonyl (C=O) groups is 1. The van der Waals surface area contributed by atoms with Crippen LogP contribution in [0, 0.1) is 6.92 Å². The Hall–Kier alpha value is -3.68. The zero-order valence-electron chi connectivity index (χ0n) is 21.7. The molecule has 0 saturated heterocycles. The van der Waals surface area contributed by atoms with Crippen molar-refractivity contribution in [1.82, 2.24) is 0 Å². The second kappa shape index (κ2) is 10.2. The van der Waals surface area contributed by atoms with Crippen LogP contribution < -0.4 is 19.7 Å². The molecule has 3 aromatic rings. The smallest absolute Gasteiger partial charge is 0.418 e. The molecule has 200 valence electrons. The first kappa shape index (κ1) is 25.9. The molecule has 1 heterocycles. The maximum atomic E-state index is 13.7. The summed E-state index contributed by atoms with van der Waals surface area (Å²) in [5.74, 6) is 1.10. The van der Waals surface area contributed by atoms with Crippen molar-refractivity contribution in [2.45, 2.75) is 51.3 Å². The highest BCUT2D eigenvalue weighted by molar-refractivity contribution is 6.07. The summed E-state index contributed by atoms with van der Waals surface area (Å²) in [6, 6.07) is 15.4. The van der Waals surface area contributed by atoms with Gasteiger partial charge in [-0.25, -0.2) is 0 Å². The Morgan fingerprint density at radius 2 is 1.89 bits per heavy atom. The van der Waals surface area contributed by atoms with E-state index >= 15 is 0 Å². The topological polar surface area (TPSA) is 50.8 Å². The standard InChI is InChI=1S/C30H31F3N2O3/c1-4-19-14-22(37-17-23-16-35(3)26-7-5-6-8-27(26)38-23)13-18(2)28(19)29(36)34-25-15-21(20-9-10-20)11-12-24(25)30(31,32)33/h5-8,11-15,20,23H,4,9-10,16-17H2,1-3H3,(H,34,36)/t23-/m0/s1. The fraction of sp³-hybridized carbons (Fsp3) is 0.367. The van der Waals surface area contributed by atoms with Gasteiger partial charge in [0.2, 0.25) is 0 Å². The number of benzene rings is 3. The zero-order valence-corrected chi connectivity index (χ0v) is 21.7. The number of aryl methyl sites for hydroxylation is 2. The lowest BCUT2D eigenvalue weighted by atomic mass is 9.98. The van der Waals surface area contributed by atoms with Crippen LogP contribution in [0.15, 0.2) is 54.6 Å². The lowest BCUT2D eigenvalue weighted by Crippen LogP contribution is -2.41. The number of likely N-dealkylation sites (N-methyl/N-ethyl adjacent to an activating group) is 1. The maximum Gasteiger partial charge on any atom is 0.418 e. The van der Waals surface area contributed by atoms with Crippen LogP contribution >= 0.6 is 0 Å². The van der Waals surface area contributed by atoms with Gasteiger partial charge in [0.05, 0.1) is 23.5 Å². The van der Waals surface area contributed by atoms with E-state index < -0.39 is 17.6 Å². The summed E-state index contributed by atoms with van der Waals surface area (Å²) in [5, 5.41) is 2.56. The third kappa shape index (κ3) is 5.44. The van der Waals surface area contributed by atoms with Crippen molar-refractivity contribution in [3.8, 4) is 11.5 Å². The number of hydrogen-bond donors (Lipinski definition) is 1. The summed E-state index contributed by atoms with van der Waals surface area (Å²) >= 11 is 0. The van der Waals surface area contributed by atoms with Gasteiger partial charge in [-0.3, -0.25) is 4.79 Å². The average Bonchev–Trinajstić information content (AvgIpc) is 3.72. The minimum Gasteiger partial charge on any atom is -0.490 e. The summed E-state index contributed by atoms with van der Waals surface area (Å²) < 4.78 is 53.2. The number of ether oxygens (including phenoxy) is 2. The van der Waals surface area contributed by atoms with E-state index in [0.717, 1.165) is 35.9 Å². The predicted octanol–water partition coefficient (Wildman–Crippen LogP) is 6.98. The predicted molar refractivity (Wildman–Crippen MR) is 142 cm³/mol. The zero-order chi connectivity index (χ0) is 27.0. The van der Waals surface area contributed by atoms with E-state index in [1.807, 2.05) is 38.2 Å². The Balaban J connectivity index is 1.33. The molecule has 0 radical (unpaired) electrons. The summed E-state index contributed by atoms with van der Waals surface area (Å²) in [6.07, 6.45) is -2.32. The van der Waals surface area contributed by atoms with Gasteiger partial charge in [-0.15, -0.1) is 0 Å². The molecule has 38 heavy (non-hydrogen) atoms. The molecule has 1 aliphatic heterocycles. The number of fused-ring (bicyclic) bond motifs is 1. The van der Waals surface area contributed by atoms with E-state index in [1.54, 1.807) is 19.1 Å². The molecular formula is C30H31F3N2O3. The molecule has 0 bridgehead atoms. The second-order valence-electron chi connectivity index (χ2n) is 10.1.